The Morgan fingerprint density at radius 3 is 2.19 bits per heavy atom. The molecule has 0 aliphatic rings. The maximum atomic E-state index is 3.60. The average molecular weight is 340 g/mol. The number of hydrogen-bond donors (Lipinski definition) is 0. The molecule has 0 spiro atoms. The third kappa shape index (κ3) is 2.09. The molecule has 0 saturated heterocycles. The molecular formula is C14H12Br2. The second-order valence-corrected chi connectivity index (χ2v) is 5.50. The van der Waals surface area contributed by atoms with Gasteiger partial charge in [0.1, 0.15) is 0 Å². The lowest BCUT2D eigenvalue weighted by Crippen LogP contribution is -1.88. The van der Waals surface area contributed by atoms with E-state index in [-0.39, 0.29) is 0 Å². The summed E-state index contributed by atoms with van der Waals surface area (Å²) in [5.41, 5.74) is 5.16. The predicted octanol–water partition coefficient (Wildman–Crippen LogP) is 5.50. The van der Waals surface area contributed by atoms with E-state index in [1.807, 2.05) is 0 Å². The van der Waals surface area contributed by atoms with Gasteiger partial charge in [-0.2, -0.15) is 0 Å². The molecule has 0 amide bonds. The lowest BCUT2D eigenvalue weighted by molar-refractivity contribution is 1.37. The quantitative estimate of drug-likeness (QED) is 0.644. The van der Waals surface area contributed by atoms with E-state index in [0.717, 1.165) is 8.95 Å². The van der Waals surface area contributed by atoms with Crippen molar-refractivity contribution >= 4 is 31.9 Å². The Bertz CT molecular complexity index is 530. The molecule has 0 heterocycles. The van der Waals surface area contributed by atoms with E-state index < -0.39 is 0 Å². The van der Waals surface area contributed by atoms with Gasteiger partial charge in [-0.05, 0) is 74.0 Å². The lowest BCUT2D eigenvalue weighted by Gasteiger charge is -2.11. The molecule has 0 aliphatic heterocycles. The van der Waals surface area contributed by atoms with E-state index in [1.165, 1.54) is 22.3 Å². The number of benzene rings is 2. The lowest BCUT2D eigenvalue weighted by atomic mass is 9.97. The van der Waals surface area contributed by atoms with Crippen LogP contribution in [-0.4, -0.2) is 0 Å². The molecule has 2 aromatic carbocycles. The maximum absolute atomic E-state index is 3.60. The summed E-state index contributed by atoms with van der Waals surface area (Å²) in [5.74, 6) is 0. The highest BCUT2D eigenvalue weighted by molar-refractivity contribution is 9.13. The van der Waals surface area contributed by atoms with E-state index >= 15 is 0 Å². The number of halogens is 2. The van der Waals surface area contributed by atoms with Crippen molar-refractivity contribution in [3.63, 3.8) is 0 Å². The highest BCUT2D eigenvalue weighted by Crippen LogP contribution is 2.35. The monoisotopic (exact) mass is 338 g/mol. The second kappa shape index (κ2) is 4.72. The van der Waals surface area contributed by atoms with Gasteiger partial charge >= 0.3 is 0 Å². The predicted molar refractivity (Wildman–Crippen MR) is 76.8 cm³/mol. The van der Waals surface area contributed by atoms with E-state index in [4.69, 9.17) is 0 Å². The normalized spacial score (nSPS) is 10.5. The zero-order valence-corrected chi connectivity index (χ0v) is 12.4. The minimum absolute atomic E-state index is 1.10. The van der Waals surface area contributed by atoms with Crippen LogP contribution in [0, 0.1) is 13.8 Å². The Morgan fingerprint density at radius 2 is 1.50 bits per heavy atom. The zero-order chi connectivity index (χ0) is 11.7. The summed E-state index contributed by atoms with van der Waals surface area (Å²) in [6, 6.07) is 12.7. The maximum Gasteiger partial charge on any atom is 0.0352 e. The summed E-state index contributed by atoms with van der Waals surface area (Å²) in [6.07, 6.45) is 0. The van der Waals surface area contributed by atoms with Crippen molar-refractivity contribution in [2.75, 3.05) is 0 Å². The van der Waals surface area contributed by atoms with Crippen molar-refractivity contribution in [3.8, 4) is 11.1 Å². The minimum atomic E-state index is 1.10. The molecule has 2 heteroatoms. The van der Waals surface area contributed by atoms with Crippen LogP contribution in [-0.2, 0) is 0 Å². The molecule has 2 aromatic rings. The van der Waals surface area contributed by atoms with Crippen LogP contribution in [0.1, 0.15) is 11.1 Å². The number of rotatable bonds is 1. The van der Waals surface area contributed by atoms with Crippen LogP contribution in [0.2, 0.25) is 0 Å². The molecule has 16 heavy (non-hydrogen) atoms. The third-order valence-corrected chi connectivity index (χ3v) is 4.99. The minimum Gasteiger partial charge on any atom is -0.0620 e. The van der Waals surface area contributed by atoms with Gasteiger partial charge in [-0.25, -0.2) is 0 Å². The van der Waals surface area contributed by atoms with E-state index in [9.17, 15) is 0 Å². The molecule has 0 unspecified atom stereocenters. The van der Waals surface area contributed by atoms with Gasteiger partial charge in [-0.3, -0.25) is 0 Å². The number of aryl methyl sites for hydroxylation is 1. The first-order valence-electron chi connectivity index (χ1n) is 5.12. The molecule has 0 nitrogen and oxygen atoms in total. The molecule has 0 aromatic heterocycles. The van der Waals surface area contributed by atoms with Gasteiger partial charge in [0.15, 0.2) is 0 Å². The van der Waals surface area contributed by atoms with Crippen LogP contribution in [0.5, 0.6) is 0 Å². The van der Waals surface area contributed by atoms with E-state index in [2.05, 4.69) is 82.1 Å². The van der Waals surface area contributed by atoms with Gasteiger partial charge in [-0.1, -0.05) is 30.3 Å². The van der Waals surface area contributed by atoms with Gasteiger partial charge < -0.3 is 0 Å². The fourth-order valence-electron chi connectivity index (χ4n) is 1.82. The number of hydrogen-bond acceptors (Lipinski definition) is 0. The Balaban J connectivity index is 2.66. The van der Waals surface area contributed by atoms with Crippen LogP contribution in [0.15, 0.2) is 45.3 Å². The first-order valence-corrected chi connectivity index (χ1v) is 6.70. The zero-order valence-electron chi connectivity index (χ0n) is 9.22. The van der Waals surface area contributed by atoms with Crippen LogP contribution in [0.3, 0.4) is 0 Å². The Labute approximate surface area is 113 Å². The van der Waals surface area contributed by atoms with Crippen molar-refractivity contribution in [1.82, 2.24) is 0 Å². The molecule has 0 aliphatic carbocycles. The molecule has 2 rings (SSSR count). The largest absolute Gasteiger partial charge is 0.0620 e. The van der Waals surface area contributed by atoms with Crippen molar-refractivity contribution in [2.24, 2.45) is 0 Å². The van der Waals surface area contributed by atoms with Crippen LogP contribution < -0.4 is 0 Å². The molecule has 0 saturated carbocycles. The molecule has 82 valence electrons. The molecule has 0 radical (unpaired) electrons. The molecule has 0 bridgehead atoms. The Morgan fingerprint density at radius 1 is 0.812 bits per heavy atom. The van der Waals surface area contributed by atoms with Gasteiger partial charge in [-0.15, -0.1) is 0 Å². The first kappa shape index (κ1) is 11.9. The summed E-state index contributed by atoms with van der Waals surface area (Å²) < 4.78 is 2.23. The second-order valence-electron chi connectivity index (χ2n) is 3.85. The molecule has 0 fully saturated rings. The van der Waals surface area contributed by atoms with E-state index in [1.54, 1.807) is 0 Å². The summed E-state index contributed by atoms with van der Waals surface area (Å²) in [4.78, 5) is 0. The van der Waals surface area contributed by atoms with Crippen molar-refractivity contribution in [2.45, 2.75) is 13.8 Å². The Kier molecular flexibility index (Phi) is 3.50. The van der Waals surface area contributed by atoms with Crippen LogP contribution in [0.25, 0.3) is 11.1 Å². The molecular weight excluding hydrogens is 328 g/mol. The first-order chi connectivity index (χ1) is 7.61. The smallest absolute Gasteiger partial charge is 0.0352 e. The average Bonchev–Trinajstić information content (AvgIpc) is 2.28. The van der Waals surface area contributed by atoms with E-state index in [0.29, 0.717) is 0 Å². The highest BCUT2D eigenvalue weighted by Gasteiger charge is 2.08. The highest BCUT2D eigenvalue weighted by atomic mass is 79.9. The van der Waals surface area contributed by atoms with Crippen LogP contribution >= 0.6 is 31.9 Å². The van der Waals surface area contributed by atoms with Crippen molar-refractivity contribution in [3.05, 3.63) is 56.5 Å². The molecule has 0 N–H and O–H groups in total. The summed E-state index contributed by atoms with van der Waals surface area (Å²) in [7, 11) is 0. The SMILES string of the molecule is Cc1ccccc1-c1ccc(Br)c(Br)c1C. The van der Waals surface area contributed by atoms with Crippen molar-refractivity contribution in [1.29, 1.82) is 0 Å². The Hall–Kier alpha value is -0.600. The van der Waals surface area contributed by atoms with Gasteiger partial charge in [0.05, 0.1) is 0 Å². The fraction of sp³-hybridized carbons (Fsp3) is 0.143. The summed E-state index contributed by atoms with van der Waals surface area (Å²) in [5, 5.41) is 0. The van der Waals surface area contributed by atoms with Gasteiger partial charge in [0, 0.05) is 8.95 Å². The van der Waals surface area contributed by atoms with Crippen LogP contribution in [0.4, 0.5) is 0 Å². The van der Waals surface area contributed by atoms with Gasteiger partial charge in [0.2, 0.25) is 0 Å². The summed E-state index contributed by atoms with van der Waals surface area (Å²) >= 11 is 7.13. The summed E-state index contributed by atoms with van der Waals surface area (Å²) in [6.45, 7) is 4.28. The third-order valence-electron chi connectivity index (χ3n) is 2.77. The van der Waals surface area contributed by atoms with Gasteiger partial charge in [0.25, 0.3) is 0 Å². The molecule has 0 atom stereocenters. The fourth-order valence-corrected chi connectivity index (χ4v) is 2.59. The standard InChI is InChI=1S/C14H12Br2/c1-9-5-3-4-6-11(9)12-7-8-13(15)14(16)10(12)2/h3-8H,1-2H3. The topological polar surface area (TPSA) is 0 Å². The van der Waals surface area contributed by atoms with Crippen molar-refractivity contribution < 1.29 is 0 Å².